The first-order valence-corrected chi connectivity index (χ1v) is 8.46. The molecule has 4 rings (SSSR count). The molecular formula is C21H15ClN2O2. The van der Waals surface area contributed by atoms with Crippen molar-refractivity contribution >= 4 is 28.7 Å². The number of hydrogen-bond donors (Lipinski definition) is 0. The van der Waals surface area contributed by atoms with Crippen molar-refractivity contribution in [1.82, 2.24) is 9.55 Å². The summed E-state index contributed by atoms with van der Waals surface area (Å²) >= 11 is 6.46. The summed E-state index contributed by atoms with van der Waals surface area (Å²) < 4.78 is 6.24. The van der Waals surface area contributed by atoms with Crippen LogP contribution in [0, 0.1) is 0 Å². The molecule has 0 bridgehead atoms. The van der Waals surface area contributed by atoms with E-state index in [9.17, 15) is 4.79 Å². The zero-order valence-electron chi connectivity index (χ0n) is 14.0. The van der Waals surface area contributed by atoms with Gasteiger partial charge < -0.3 is 4.74 Å². The van der Waals surface area contributed by atoms with Crippen molar-refractivity contribution in [2.45, 2.75) is 0 Å². The Morgan fingerprint density at radius 3 is 2.42 bits per heavy atom. The lowest BCUT2D eigenvalue weighted by Gasteiger charge is -2.13. The predicted octanol–water partition coefficient (Wildman–Crippen LogP) is 5.64. The lowest BCUT2D eigenvalue weighted by Crippen LogP contribution is -2.09. The molecule has 4 aromatic rings. The molecule has 0 aliphatic carbocycles. The van der Waals surface area contributed by atoms with Crippen molar-refractivity contribution in [1.29, 1.82) is 0 Å². The van der Waals surface area contributed by atoms with Crippen LogP contribution in [-0.4, -0.2) is 22.8 Å². The SMILES string of the molecule is COC(=O)n1cnc2cc(-c3ccccc3)c(-c3ccccc3Cl)cc21. The van der Waals surface area contributed by atoms with E-state index in [-0.39, 0.29) is 0 Å². The Kier molecular flexibility index (Phi) is 4.19. The standard InChI is InChI=1S/C21H15ClN2O2/c1-26-21(25)24-13-23-19-11-16(14-7-3-2-4-8-14)17(12-20(19)24)15-9-5-6-10-18(15)22/h2-13H,1H3. The minimum atomic E-state index is -0.481. The highest BCUT2D eigenvalue weighted by molar-refractivity contribution is 6.33. The van der Waals surface area contributed by atoms with Crippen LogP contribution in [0.25, 0.3) is 33.3 Å². The molecule has 0 aliphatic rings. The van der Waals surface area contributed by atoms with Crippen molar-refractivity contribution in [2.75, 3.05) is 7.11 Å². The Morgan fingerprint density at radius 2 is 1.69 bits per heavy atom. The molecule has 0 radical (unpaired) electrons. The molecule has 0 unspecified atom stereocenters. The second-order valence-corrected chi connectivity index (χ2v) is 6.22. The zero-order chi connectivity index (χ0) is 18.1. The van der Waals surface area contributed by atoms with Gasteiger partial charge in [-0.1, -0.05) is 60.1 Å². The third-order valence-electron chi connectivity index (χ3n) is 4.31. The van der Waals surface area contributed by atoms with E-state index in [0.717, 1.165) is 22.3 Å². The topological polar surface area (TPSA) is 44.1 Å². The van der Waals surface area contributed by atoms with Gasteiger partial charge in [0.25, 0.3) is 0 Å². The molecular weight excluding hydrogens is 348 g/mol. The Bertz CT molecular complexity index is 1100. The molecule has 3 aromatic carbocycles. The predicted molar refractivity (Wildman–Crippen MR) is 103 cm³/mol. The van der Waals surface area contributed by atoms with Gasteiger partial charge in [0.1, 0.15) is 6.33 Å². The number of ether oxygens (including phenoxy) is 1. The molecule has 0 spiro atoms. The lowest BCUT2D eigenvalue weighted by atomic mass is 9.94. The number of nitrogens with zero attached hydrogens (tertiary/aromatic N) is 2. The van der Waals surface area contributed by atoms with Crippen molar-refractivity contribution in [3.63, 3.8) is 0 Å². The molecule has 0 saturated heterocycles. The summed E-state index contributed by atoms with van der Waals surface area (Å²) in [6.45, 7) is 0. The lowest BCUT2D eigenvalue weighted by molar-refractivity contribution is 0.174. The monoisotopic (exact) mass is 362 g/mol. The summed E-state index contributed by atoms with van der Waals surface area (Å²) in [6, 6.07) is 21.6. The first-order valence-electron chi connectivity index (χ1n) is 8.09. The molecule has 0 amide bonds. The second-order valence-electron chi connectivity index (χ2n) is 5.82. The number of fused-ring (bicyclic) bond motifs is 1. The zero-order valence-corrected chi connectivity index (χ0v) is 14.8. The van der Waals surface area contributed by atoms with Gasteiger partial charge in [-0.25, -0.2) is 14.3 Å². The Balaban J connectivity index is 2.05. The second kappa shape index (κ2) is 6.65. The van der Waals surface area contributed by atoms with Crippen LogP contribution < -0.4 is 0 Å². The fourth-order valence-electron chi connectivity index (χ4n) is 3.06. The Hall–Kier alpha value is -3.11. The van der Waals surface area contributed by atoms with Gasteiger partial charge in [-0.05, 0) is 34.9 Å². The van der Waals surface area contributed by atoms with Gasteiger partial charge in [0, 0.05) is 10.6 Å². The van der Waals surface area contributed by atoms with Crippen LogP contribution in [0.5, 0.6) is 0 Å². The van der Waals surface area contributed by atoms with E-state index in [4.69, 9.17) is 16.3 Å². The molecule has 0 fully saturated rings. The van der Waals surface area contributed by atoms with Crippen LogP contribution in [0.1, 0.15) is 0 Å². The molecule has 5 heteroatoms. The summed E-state index contributed by atoms with van der Waals surface area (Å²) in [5, 5.41) is 0.646. The van der Waals surface area contributed by atoms with E-state index < -0.39 is 6.09 Å². The van der Waals surface area contributed by atoms with Crippen LogP contribution in [0.15, 0.2) is 73.1 Å². The van der Waals surface area contributed by atoms with Crippen LogP contribution in [0.3, 0.4) is 0 Å². The summed E-state index contributed by atoms with van der Waals surface area (Å²) in [6.07, 6.45) is 0.992. The Morgan fingerprint density at radius 1 is 0.962 bits per heavy atom. The number of carbonyl (C=O) groups is 1. The third-order valence-corrected chi connectivity index (χ3v) is 4.64. The maximum atomic E-state index is 12.0. The van der Waals surface area contributed by atoms with E-state index in [1.54, 1.807) is 0 Å². The van der Waals surface area contributed by atoms with Crippen molar-refractivity contribution in [3.8, 4) is 22.3 Å². The summed E-state index contributed by atoms with van der Waals surface area (Å²) in [7, 11) is 1.35. The average Bonchev–Trinajstić information content (AvgIpc) is 3.10. The Labute approximate surface area is 155 Å². The highest BCUT2D eigenvalue weighted by Gasteiger charge is 2.16. The smallest absolute Gasteiger partial charge is 0.419 e. The van der Waals surface area contributed by atoms with E-state index in [0.29, 0.717) is 16.1 Å². The largest absolute Gasteiger partial charge is 0.452 e. The summed E-state index contributed by atoms with van der Waals surface area (Å²) in [5.41, 5.74) is 5.27. The van der Waals surface area contributed by atoms with Gasteiger partial charge in [0.05, 0.1) is 18.1 Å². The molecule has 0 aliphatic heterocycles. The number of benzene rings is 3. The number of imidazole rings is 1. The van der Waals surface area contributed by atoms with E-state index in [1.807, 2.05) is 66.7 Å². The minimum Gasteiger partial charge on any atom is -0.452 e. The fourth-order valence-corrected chi connectivity index (χ4v) is 3.30. The molecule has 4 nitrogen and oxygen atoms in total. The molecule has 0 N–H and O–H groups in total. The first-order chi connectivity index (χ1) is 12.7. The van der Waals surface area contributed by atoms with Gasteiger partial charge in [-0.3, -0.25) is 0 Å². The van der Waals surface area contributed by atoms with Gasteiger partial charge in [-0.2, -0.15) is 0 Å². The van der Waals surface area contributed by atoms with Crippen LogP contribution in [-0.2, 0) is 4.74 Å². The number of aromatic nitrogens is 2. The summed E-state index contributed by atoms with van der Waals surface area (Å²) in [5.74, 6) is 0. The quantitative estimate of drug-likeness (QED) is 0.463. The number of methoxy groups -OCH3 is 1. The molecule has 1 aromatic heterocycles. The number of halogens is 1. The van der Waals surface area contributed by atoms with Gasteiger partial charge in [-0.15, -0.1) is 0 Å². The first kappa shape index (κ1) is 16.4. The molecule has 26 heavy (non-hydrogen) atoms. The minimum absolute atomic E-state index is 0.481. The molecule has 128 valence electrons. The third kappa shape index (κ3) is 2.74. The molecule has 1 heterocycles. The van der Waals surface area contributed by atoms with Crippen molar-refractivity contribution in [2.24, 2.45) is 0 Å². The maximum absolute atomic E-state index is 12.0. The van der Waals surface area contributed by atoms with Crippen LogP contribution in [0.4, 0.5) is 4.79 Å². The fraction of sp³-hybridized carbons (Fsp3) is 0.0476. The molecule has 0 saturated carbocycles. The van der Waals surface area contributed by atoms with Crippen LogP contribution >= 0.6 is 11.6 Å². The van der Waals surface area contributed by atoms with Crippen molar-refractivity contribution < 1.29 is 9.53 Å². The van der Waals surface area contributed by atoms with Gasteiger partial charge in [0.2, 0.25) is 0 Å². The van der Waals surface area contributed by atoms with Gasteiger partial charge >= 0.3 is 6.09 Å². The maximum Gasteiger partial charge on any atom is 0.419 e. The number of hydrogen-bond acceptors (Lipinski definition) is 3. The van der Waals surface area contributed by atoms with Gasteiger partial charge in [0.15, 0.2) is 0 Å². The van der Waals surface area contributed by atoms with Crippen molar-refractivity contribution in [3.05, 3.63) is 78.1 Å². The van der Waals surface area contributed by atoms with E-state index in [1.165, 1.54) is 18.0 Å². The average molecular weight is 363 g/mol. The van der Waals surface area contributed by atoms with E-state index in [2.05, 4.69) is 4.98 Å². The van der Waals surface area contributed by atoms with Crippen LogP contribution in [0.2, 0.25) is 5.02 Å². The highest BCUT2D eigenvalue weighted by Crippen LogP contribution is 2.38. The highest BCUT2D eigenvalue weighted by atomic mass is 35.5. The normalized spacial score (nSPS) is 10.8. The summed E-state index contributed by atoms with van der Waals surface area (Å²) in [4.78, 5) is 16.4. The molecule has 0 atom stereocenters. The van der Waals surface area contributed by atoms with E-state index >= 15 is 0 Å². The number of rotatable bonds is 2. The number of carbonyl (C=O) groups excluding carboxylic acids is 1.